The fourth-order valence-electron chi connectivity index (χ4n) is 4.86. The van der Waals surface area contributed by atoms with Crippen LogP contribution in [-0.2, 0) is 12.0 Å². The molecule has 0 aromatic carbocycles. The highest BCUT2D eigenvalue weighted by atomic mass is 16.5. The molecule has 0 radical (unpaired) electrons. The zero-order valence-corrected chi connectivity index (χ0v) is 21.8. The van der Waals surface area contributed by atoms with Crippen LogP contribution in [-0.4, -0.2) is 47.2 Å². The highest BCUT2D eigenvalue weighted by Crippen LogP contribution is 2.36. The van der Waals surface area contributed by atoms with Crippen molar-refractivity contribution in [3.05, 3.63) is 42.7 Å². The van der Waals surface area contributed by atoms with Gasteiger partial charge >= 0.3 is 0 Å². The van der Waals surface area contributed by atoms with E-state index in [-0.39, 0.29) is 12.1 Å². The monoisotopic (exact) mass is 499 g/mol. The molecule has 4 heterocycles. The van der Waals surface area contributed by atoms with Crippen molar-refractivity contribution in [2.45, 2.75) is 77.5 Å². The number of nitriles is 1. The minimum Gasteiger partial charge on any atom is -0.473 e. The average Bonchev–Trinajstić information content (AvgIpc) is 3.55. The van der Waals surface area contributed by atoms with Crippen LogP contribution in [0.1, 0.15) is 65.1 Å². The van der Waals surface area contributed by atoms with Crippen molar-refractivity contribution < 1.29 is 4.74 Å². The van der Waals surface area contributed by atoms with Gasteiger partial charge < -0.3 is 10.1 Å². The van der Waals surface area contributed by atoms with Crippen molar-refractivity contribution >= 4 is 16.7 Å². The van der Waals surface area contributed by atoms with Crippen LogP contribution in [0.4, 0.5) is 5.82 Å². The summed E-state index contributed by atoms with van der Waals surface area (Å²) in [6.45, 7) is 8.60. The third-order valence-electron chi connectivity index (χ3n) is 6.99. The summed E-state index contributed by atoms with van der Waals surface area (Å²) in [6, 6.07) is 4.62. The third kappa shape index (κ3) is 4.86. The Morgan fingerprint density at radius 3 is 2.62 bits per heavy atom. The Morgan fingerprint density at radius 2 is 1.89 bits per heavy atom. The van der Waals surface area contributed by atoms with Gasteiger partial charge in [-0.3, -0.25) is 14.3 Å². The number of fused-ring (bicyclic) bond motifs is 1. The first-order valence-electron chi connectivity index (χ1n) is 13.0. The number of nitrogens with one attached hydrogen (secondary N) is 1. The van der Waals surface area contributed by atoms with Crippen LogP contribution >= 0.6 is 0 Å². The van der Waals surface area contributed by atoms with Gasteiger partial charge in [0.2, 0.25) is 5.88 Å². The molecule has 0 unspecified atom stereocenters. The molecular formula is C27H33N9O. The maximum absolute atomic E-state index is 9.53. The van der Waals surface area contributed by atoms with E-state index in [1.54, 1.807) is 23.3 Å². The lowest BCUT2D eigenvalue weighted by Gasteiger charge is -2.29. The number of aryl methyl sites for hydroxylation is 1. The molecule has 1 N–H and O–H groups in total. The zero-order chi connectivity index (χ0) is 26.0. The summed E-state index contributed by atoms with van der Waals surface area (Å²) in [7, 11) is 0. The predicted molar refractivity (Wildman–Crippen MR) is 141 cm³/mol. The summed E-state index contributed by atoms with van der Waals surface area (Å²) in [5.74, 6) is 1.48. The molecule has 1 aliphatic rings. The Morgan fingerprint density at radius 1 is 1.11 bits per heavy atom. The fourth-order valence-corrected chi connectivity index (χ4v) is 4.86. The second-order valence-electron chi connectivity index (χ2n) is 9.96. The van der Waals surface area contributed by atoms with Crippen molar-refractivity contribution in [1.29, 1.82) is 5.26 Å². The van der Waals surface area contributed by atoms with Crippen LogP contribution in [0.2, 0.25) is 0 Å². The molecule has 10 heteroatoms. The second-order valence-corrected chi connectivity index (χ2v) is 9.96. The highest BCUT2D eigenvalue weighted by Gasteiger charge is 2.28. The van der Waals surface area contributed by atoms with E-state index in [2.05, 4.69) is 56.0 Å². The Labute approximate surface area is 216 Å². The molecule has 4 aromatic heterocycles. The van der Waals surface area contributed by atoms with Gasteiger partial charge in [0.1, 0.15) is 28.8 Å². The van der Waals surface area contributed by atoms with E-state index in [0.717, 1.165) is 72.3 Å². The average molecular weight is 500 g/mol. The Bertz CT molecular complexity index is 1420. The SMILES string of the molecule is CCNc1cc2c(cn1)c(-c1cnn(C(C)(C)C#N)c1)nn2C1CCC(Oc2nccnc2CC)CC1. The first-order valence-corrected chi connectivity index (χ1v) is 13.0. The van der Waals surface area contributed by atoms with E-state index in [1.165, 1.54) is 0 Å². The van der Waals surface area contributed by atoms with Gasteiger partial charge in [-0.15, -0.1) is 0 Å². The lowest BCUT2D eigenvalue weighted by atomic mass is 9.93. The van der Waals surface area contributed by atoms with Gasteiger partial charge in [-0.25, -0.2) is 9.97 Å². The van der Waals surface area contributed by atoms with E-state index >= 15 is 0 Å². The fraction of sp³-hybridized carbons (Fsp3) is 0.481. The van der Waals surface area contributed by atoms with E-state index in [0.29, 0.717) is 5.88 Å². The summed E-state index contributed by atoms with van der Waals surface area (Å²) < 4.78 is 10.1. The van der Waals surface area contributed by atoms with Gasteiger partial charge in [-0.2, -0.15) is 15.5 Å². The van der Waals surface area contributed by atoms with Crippen molar-refractivity contribution in [3.63, 3.8) is 0 Å². The third-order valence-corrected chi connectivity index (χ3v) is 6.99. The van der Waals surface area contributed by atoms with Crippen molar-refractivity contribution in [1.82, 2.24) is 34.5 Å². The van der Waals surface area contributed by atoms with Crippen LogP contribution in [0.3, 0.4) is 0 Å². The standard InChI is InChI=1S/C27H33N9O/c1-5-22-26(31-12-11-30-22)37-20-9-7-19(8-10-20)36-23-13-24(29-6-2)32-15-21(23)25(34-36)18-14-33-35(16-18)27(3,4)17-28/h11-16,19-20H,5-10H2,1-4H3,(H,29,32). The Hall–Kier alpha value is -4.00. The Kier molecular flexibility index (Phi) is 6.78. The van der Waals surface area contributed by atoms with Crippen LogP contribution in [0.5, 0.6) is 5.88 Å². The van der Waals surface area contributed by atoms with Crippen molar-refractivity contribution in [2.75, 3.05) is 11.9 Å². The largest absolute Gasteiger partial charge is 0.473 e. The normalized spacial score (nSPS) is 18.0. The second kappa shape index (κ2) is 10.2. The number of pyridine rings is 1. The number of aromatic nitrogens is 7. The van der Waals surface area contributed by atoms with Crippen LogP contribution in [0, 0.1) is 11.3 Å². The molecule has 1 saturated carbocycles. The van der Waals surface area contributed by atoms with Crippen molar-refractivity contribution in [3.8, 4) is 23.2 Å². The maximum Gasteiger partial charge on any atom is 0.235 e. The molecule has 1 fully saturated rings. The number of hydrogen-bond acceptors (Lipinski definition) is 8. The molecule has 37 heavy (non-hydrogen) atoms. The lowest BCUT2D eigenvalue weighted by molar-refractivity contribution is 0.124. The molecule has 1 aliphatic carbocycles. The summed E-state index contributed by atoms with van der Waals surface area (Å²) in [5.41, 5.74) is 2.90. The number of anilines is 1. The number of ether oxygens (including phenoxy) is 1. The van der Waals surface area contributed by atoms with Crippen molar-refractivity contribution in [2.24, 2.45) is 0 Å². The van der Waals surface area contributed by atoms with Gasteiger partial charge in [-0.05, 0) is 52.9 Å². The first-order chi connectivity index (χ1) is 17.9. The molecular weight excluding hydrogens is 466 g/mol. The van der Waals surface area contributed by atoms with Crippen LogP contribution in [0.15, 0.2) is 37.1 Å². The molecule has 0 atom stereocenters. The molecule has 5 rings (SSSR count). The number of hydrogen-bond donors (Lipinski definition) is 1. The lowest BCUT2D eigenvalue weighted by Crippen LogP contribution is -2.27. The molecule has 0 bridgehead atoms. The summed E-state index contributed by atoms with van der Waals surface area (Å²) in [6.07, 6.45) is 13.6. The minimum atomic E-state index is -0.744. The molecule has 4 aromatic rings. The first kappa shape index (κ1) is 24.7. The number of nitrogens with zero attached hydrogens (tertiary/aromatic N) is 8. The summed E-state index contributed by atoms with van der Waals surface area (Å²) in [5, 5.41) is 23.4. The quantitative estimate of drug-likeness (QED) is 0.363. The summed E-state index contributed by atoms with van der Waals surface area (Å²) >= 11 is 0. The zero-order valence-electron chi connectivity index (χ0n) is 21.8. The van der Waals surface area contributed by atoms with Gasteiger partial charge in [0.05, 0.1) is 23.8 Å². The predicted octanol–water partition coefficient (Wildman–Crippen LogP) is 4.90. The molecule has 192 valence electrons. The van der Waals surface area contributed by atoms with Gasteiger partial charge in [-0.1, -0.05) is 6.92 Å². The maximum atomic E-state index is 9.53. The van der Waals surface area contributed by atoms with E-state index in [9.17, 15) is 5.26 Å². The highest BCUT2D eigenvalue weighted by molar-refractivity contribution is 5.93. The molecule has 10 nitrogen and oxygen atoms in total. The van der Waals surface area contributed by atoms with E-state index < -0.39 is 5.54 Å². The van der Waals surface area contributed by atoms with Gasteiger partial charge in [0.15, 0.2) is 0 Å². The summed E-state index contributed by atoms with van der Waals surface area (Å²) in [4.78, 5) is 13.4. The van der Waals surface area contributed by atoms with Gasteiger partial charge in [0.25, 0.3) is 0 Å². The van der Waals surface area contributed by atoms with Crippen LogP contribution < -0.4 is 10.1 Å². The van der Waals surface area contributed by atoms with Gasteiger partial charge in [0, 0.05) is 48.3 Å². The minimum absolute atomic E-state index is 0.116. The smallest absolute Gasteiger partial charge is 0.235 e. The molecule has 0 spiro atoms. The topological polar surface area (TPSA) is 119 Å². The Balaban J connectivity index is 1.43. The molecule has 0 saturated heterocycles. The molecule has 0 aliphatic heterocycles. The van der Waals surface area contributed by atoms with Crippen LogP contribution in [0.25, 0.3) is 22.2 Å². The van der Waals surface area contributed by atoms with E-state index in [1.807, 2.05) is 26.2 Å². The number of rotatable bonds is 8. The van der Waals surface area contributed by atoms with E-state index in [4.69, 9.17) is 9.84 Å². The molecule has 0 amide bonds.